The van der Waals surface area contributed by atoms with Crippen molar-refractivity contribution in [1.82, 2.24) is 5.32 Å². The van der Waals surface area contributed by atoms with Gasteiger partial charge in [0, 0.05) is 17.7 Å². The van der Waals surface area contributed by atoms with Crippen LogP contribution >= 0.6 is 0 Å². The van der Waals surface area contributed by atoms with Gasteiger partial charge in [-0.3, -0.25) is 4.79 Å². The summed E-state index contributed by atoms with van der Waals surface area (Å²) in [5.74, 6) is -0.0156. The highest BCUT2D eigenvalue weighted by Crippen LogP contribution is 2.18. The second-order valence-electron chi connectivity index (χ2n) is 5.71. The molecule has 0 saturated heterocycles. The van der Waals surface area contributed by atoms with Crippen molar-refractivity contribution in [2.75, 3.05) is 0 Å². The molecule has 0 aliphatic rings. The Morgan fingerprint density at radius 1 is 1.11 bits per heavy atom. The summed E-state index contributed by atoms with van der Waals surface area (Å²) in [6.45, 7) is 9.55. The van der Waals surface area contributed by atoms with Crippen LogP contribution in [0.2, 0.25) is 0 Å². The summed E-state index contributed by atoms with van der Waals surface area (Å²) in [6.07, 6.45) is 5.69. The van der Waals surface area contributed by atoms with E-state index in [-0.39, 0.29) is 5.56 Å². The van der Waals surface area contributed by atoms with E-state index in [1.54, 1.807) is 31.2 Å². The first kappa shape index (κ1) is 19.9. The molecule has 2 rings (SSSR count). The van der Waals surface area contributed by atoms with Gasteiger partial charge in [-0.15, -0.1) is 0 Å². The van der Waals surface area contributed by atoms with Crippen LogP contribution in [0.3, 0.4) is 0 Å². The highest BCUT2D eigenvalue weighted by atomic mass is 19.1. The van der Waals surface area contributed by atoms with Crippen LogP contribution in [-0.4, -0.2) is 5.91 Å². The highest BCUT2D eigenvalue weighted by molar-refractivity contribution is 5.95. The van der Waals surface area contributed by atoms with Gasteiger partial charge in [0.1, 0.15) is 17.3 Å². The Morgan fingerprint density at radius 3 is 2.44 bits per heavy atom. The number of hydrogen-bond acceptors (Lipinski definition) is 2. The highest BCUT2D eigenvalue weighted by Gasteiger charge is 2.10. The normalized spacial score (nSPS) is 11.3. The number of amides is 1. The Bertz CT molecular complexity index is 882. The molecule has 0 heterocycles. The van der Waals surface area contributed by atoms with Crippen LogP contribution in [0.5, 0.6) is 0 Å². The zero-order valence-corrected chi connectivity index (χ0v) is 15.2. The standard InChI is InChI=1S/C23H22FNO2/c1-4-20(25-23(26)21-15-8-9-16-22(21)24)14-10-11-17(2)27-18(3)19-12-6-5-7-13-19/h4-10,12-16H,2-3,11H2,1H3,(H,25,26)/b14-10-,20-4+. The molecule has 0 aliphatic carbocycles. The van der Waals surface area contributed by atoms with Crippen molar-refractivity contribution in [2.24, 2.45) is 0 Å². The second kappa shape index (κ2) is 9.92. The van der Waals surface area contributed by atoms with Crippen LogP contribution in [0.25, 0.3) is 5.76 Å². The maximum Gasteiger partial charge on any atom is 0.258 e. The molecule has 0 unspecified atom stereocenters. The summed E-state index contributed by atoms with van der Waals surface area (Å²) < 4.78 is 19.3. The summed E-state index contributed by atoms with van der Waals surface area (Å²) in [5.41, 5.74) is 1.43. The molecule has 3 nitrogen and oxygen atoms in total. The smallest absolute Gasteiger partial charge is 0.258 e. The maximum atomic E-state index is 13.7. The molecule has 2 aromatic carbocycles. The van der Waals surface area contributed by atoms with Crippen LogP contribution in [0.1, 0.15) is 29.3 Å². The van der Waals surface area contributed by atoms with Crippen molar-refractivity contribution in [2.45, 2.75) is 13.3 Å². The lowest BCUT2D eigenvalue weighted by atomic mass is 10.2. The summed E-state index contributed by atoms with van der Waals surface area (Å²) in [6, 6.07) is 15.4. The minimum absolute atomic E-state index is 0.00264. The number of halogens is 1. The Hall–Kier alpha value is -3.40. The predicted octanol–water partition coefficient (Wildman–Crippen LogP) is 5.61. The van der Waals surface area contributed by atoms with Gasteiger partial charge in [-0.2, -0.15) is 0 Å². The molecule has 27 heavy (non-hydrogen) atoms. The van der Waals surface area contributed by atoms with Crippen LogP contribution < -0.4 is 5.32 Å². The molecule has 2 aromatic rings. The summed E-state index contributed by atoms with van der Waals surface area (Å²) in [4.78, 5) is 12.2. The molecule has 0 bridgehead atoms. The fraction of sp³-hybridized carbons (Fsp3) is 0.0870. The van der Waals surface area contributed by atoms with E-state index in [4.69, 9.17) is 4.74 Å². The lowest BCUT2D eigenvalue weighted by Crippen LogP contribution is -2.22. The van der Waals surface area contributed by atoms with E-state index in [1.807, 2.05) is 30.3 Å². The first-order valence-corrected chi connectivity index (χ1v) is 8.50. The van der Waals surface area contributed by atoms with Gasteiger partial charge in [0.15, 0.2) is 0 Å². The molecule has 4 heteroatoms. The van der Waals surface area contributed by atoms with E-state index in [1.165, 1.54) is 18.2 Å². The van der Waals surface area contributed by atoms with E-state index in [0.29, 0.717) is 23.6 Å². The molecule has 0 aliphatic heterocycles. The Balaban J connectivity index is 1.88. The molecule has 138 valence electrons. The number of rotatable bonds is 8. The third-order valence-corrected chi connectivity index (χ3v) is 3.69. The van der Waals surface area contributed by atoms with Crippen LogP contribution in [-0.2, 0) is 4.74 Å². The van der Waals surface area contributed by atoms with Gasteiger partial charge in [-0.05, 0) is 25.1 Å². The van der Waals surface area contributed by atoms with Gasteiger partial charge in [0.05, 0.1) is 5.56 Å². The lowest BCUT2D eigenvalue weighted by Gasteiger charge is -2.10. The van der Waals surface area contributed by atoms with Gasteiger partial charge < -0.3 is 10.1 Å². The topological polar surface area (TPSA) is 38.3 Å². The van der Waals surface area contributed by atoms with E-state index in [9.17, 15) is 9.18 Å². The molecular formula is C23H22FNO2. The number of carbonyl (C=O) groups excluding carboxylic acids is 1. The van der Waals surface area contributed by atoms with Crippen molar-refractivity contribution in [3.8, 4) is 0 Å². The largest absolute Gasteiger partial charge is 0.462 e. The van der Waals surface area contributed by atoms with E-state index in [0.717, 1.165) is 5.56 Å². The van der Waals surface area contributed by atoms with Gasteiger partial charge in [0.25, 0.3) is 5.91 Å². The fourth-order valence-corrected chi connectivity index (χ4v) is 2.27. The molecule has 1 N–H and O–H groups in total. The van der Waals surface area contributed by atoms with Crippen molar-refractivity contribution in [1.29, 1.82) is 0 Å². The van der Waals surface area contributed by atoms with Crippen molar-refractivity contribution in [3.63, 3.8) is 0 Å². The molecule has 0 atom stereocenters. The van der Waals surface area contributed by atoms with Crippen LogP contribution in [0, 0.1) is 5.82 Å². The maximum absolute atomic E-state index is 13.7. The fourth-order valence-electron chi connectivity index (χ4n) is 2.27. The van der Waals surface area contributed by atoms with E-state index < -0.39 is 11.7 Å². The van der Waals surface area contributed by atoms with E-state index >= 15 is 0 Å². The molecular weight excluding hydrogens is 341 g/mol. The monoisotopic (exact) mass is 363 g/mol. The Morgan fingerprint density at radius 2 is 1.78 bits per heavy atom. The molecule has 0 radical (unpaired) electrons. The SMILES string of the molecule is C=C(C/C=C\C(=C/C)NC(=O)c1ccccc1F)OC(=C)c1ccccc1. The summed E-state index contributed by atoms with van der Waals surface area (Å²) >= 11 is 0. The van der Waals surface area contributed by atoms with Gasteiger partial charge in [0.2, 0.25) is 0 Å². The Kier molecular flexibility index (Phi) is 7.32. The van der Waals surface area contributed by atoms with Gasteiger partial charge in [-0.25, -0.2) is 4.39 Å². The molecule has 0 spiro atoms. The summed E-state index contributed by atoms with van der Waals surface area (Å²) in [5, 5.41) is 2.67. The third kappa shape index (κ3) is 6.12. The minimum Gasteiger partial charge on any atom is -0.462 e. The lowest BCUT2D eigenvalue weighted by molar-refractivity contribution is 0.0963. The predicted molar refractivity (Wildman–Crippen MR) is 107 cm³/mol. The number of ether oxygens (including phenoxy) is 1. The van der Waals surface area contributed by atoms with Gasteiger partial charge >= 0.3 is 0 Å². The third-order valence-electron chi connectivity index (χ3n) is 3.69. The number of allylic oxidation sites excluding steroid dienone is 3. The number of hydrogen-bond donors (Lipinski definition) is 1. The first-order chi connectivity index (χ1) is 13.0. The average molecular weight is 363 g/mol. The number of benzene rings is 2. The van der Waals surface area contributed by atoms with Crippen LogP contribution in [0.15, 0.2) is 97.4 Å². The number of carbonyl (C=O) groups is 1. The minimum atomic E-state index is -0.560. The quantitative estimate of drug-likeness (QED) is 0.489. The van der Waals surface area contributed by atoms with Crippen molar-refractivity contribution in [3.05, 3.63) is 114 Å². The molecule has 0 saturated carbocycles. The van der Waals surface area contributed by atoms with Crippen molar-refractivity contribution >= 4 is 11.7 Å². The summed E-state index contributed by atoms with van der Waals surface area (Å²) in [7, 11) is 0. The molecule has 1 amide bonds. The number of nitrogens with one attached hydrogen (secondary N) is 1. The molecule has 0 aromatic heterocycles. The van der Waals surface area contributed by atoms with Gasteiger partial charge in [-0.1, -0.05) is 67.8 Å². The van der Waals surface area contributed by atoms with Crippen molar-refractivity contribution < 1.29 is 13.9 Å². The zero-order valence-electron chi connectivity index (χ0n) is 15.2. The van der Waals surface area contributed by atoms with Crippen LogP contribution in [0.4, 0.5) is 4.39 Å². The zero-order chi connectivity index (χ0) is 19.6. The van der Waals surface area contributed by atoms with E-state index in [2.05, 4.69) is 18.5 Å². The second-order valence-corrected chi connectivity index (χ2v) is 5.71. The Labute approximate surface area is 159 Å². The molecule has 0 fully saturated rings. The first-order valence-electron chi connectivity index (χ1n) is 8.50. The average Bonchev–Trinajstić information content (AvgIpc) is 2.68.